The van der Waals surface area contributed by atoms with Gasteiger partial charge in [0.15, 0.2) is 0 Å². The Morgan fingerprint density at radius 3 is 3.00 bits per heavy atom. The summed E-state index contributed by atoms with van der Waals surface area (Å²) in [5.74, 6) is 1.37. The quantitative estimate of drug-likeness (QED) is 0.847. The normalized spacial score (nSPS) is 28.3. The van der Waals surface area contributed by atoms with Crippen molar-refractivity contribution in [3.05, 3.63) is 41.1 Å². The second kappa shape index (κ2) is 7.39. The van der Waals surface area contributed by atoms with E-state index in [-0.39, 0.29) is 6.17 Å². The van der Waals surface area contributed by atoms with Crippen molar-refractivity contribution in [2.24, 2.45) is 23.9 Å². The zero-order valence-electron chi connectivity index (χ0n) is 16.3. The molecule has 1 aromatic rings. The Bertz CT molecular complexity index is 742. The van der Waals surface area contributed by atoms with Gasteiger partial charge in [0.05, 0.1) is 12.5 Å². The molecular weight excluding hydrogens is 322 g/mol. The van der Waals surface area contributed by atoms with Gasteiger partial charge in [0, 0.05) is 38.5 Å². The first-order valence-corrected chi connectivity index (χ1v) is 10.0. The summed E-state index contributed by atoms with van der Waals surface area (Å²) in [6.45, 7) is 4.51. The molecule has 0 fully saturated rings. The Labute approximate surface area is 156 Å². The summed E-state index contributed by atoms with van der Waals surface area (Å²) in [4.78, 5) is 11.7. The maximum Gasteiger partial charge on any atom is 0.126 e. The van der Waals surface area contributed by atoms with E-state index in [2.05, 4.69) is 52.9 Å². The third kappa shape index (κ3) is 3.25. The van der Waals surface area contributed by atoms with Crippen molar-refractivity contribution in [2.45, 2.75) is 45.2 Å². The van der Waals surface area contributed by atoms with Crippen LogP contribution in [0.2, 0.25) is 0 Å². The van der Waals surface area contributed by atoms with Gasteiger partial charge >= 0.3 is 0 Å². The van der Waals surface area contributed by atoms with Gasteiger partial charge in [0.2, 0.25) is 0 Å². The molecule has 0 saturated carbocycles. The molecule has 3 heterocycles. The molecule has 0 aromatic carbocycles. The van der Waals surface area contributed by atoms with Crippen molar-refractivity contribution < 1.29 is 0 Å². The number of aliphatic imine (C=N–C) groups is 1. The van der Waals surface area contributed by atoms with E-state index < -0.39 is 0 Å². The average Bonchev–Trinajstić information content (AvgIpc) is 3.08. The Balaban J connectivity index is 1.50. The molecule has 3 aliphatic rings. The van der Waals surface area contributed by atoms with Crippen LogP contribution in [0.3, 0.4) is 0 Å². The van der Waals surface area contributed by atoms with Crippen LogP contribution in [0.4, 0.5) is 0 Å². The van der Waals surface area contributed by atoms with Crippen molar-refractivity contribution in [1.29, 1.82) is 0 Å². The SMILES string of the molecule is CC[C@H]1C[C@@H](C2=CCNCC2)CC=C1N(C)C1Cc2c(ncn2C)C=N1. The number of fused-ring (bicyclic) bond motifs is 1. The van der Waals surface area contributed by atoms with Crippen LogP contribution in [0.5, 0.6) is 0 Å². The molecule has 1 aromatic heterocycles. The highest BCUT2D eigenvalue weighted by atomic mass is 15.2. The molecular formula is C21H31N5. The van der Waals surface area contributed by atoms with Crippen LogP contribution in [0, 0.1) is 11.8 Å². The fourth-order valence-electron chi connectivity index (χ4n) is 4.73. The highest BCUT2D eigenvalue weighted by molar-refractivity contribution is 5.79. The van der Waals surface area contributed by atoms with Crippen molar-refractivity contribution >= 4 is 6.21 Å². The molecule has 5 heteroatoms. The van der Waals surface area contributed by atoms with E-state index in [4.69, 9.17) is 4.99 Å². The molecule has 1 N–H and O–H groups in total. The van der Waals surface area contributed by atoms with E-state index in [1.165, 1.54) is 37.1 Å². The van der Waals surface area contributed by atoms with Gasteiger partial charge in [0.1, 0.15) is 11.9 Å². The first-order chi connectivity index (χ1) is 12.7. The highest BCUT2D eigenvalue weighted by Gasteiger charge is 2.31. The summed E-state index contributed by atoms with van der Waals surface area (Å²) in [5.41, 5.74) is 5.49. The van der Waals surface area contributed by atoms with Crippen molar-refractivity contribution in [2.75, 3.05) is 20.1 Å². The number of allylic oxidation sites excluding steroid dienone is 2. The molecule has 5 nitrogen and oxygen atoms in total. The Hall–Kier alpha value is -1.88. The van der Waals surface area contributed by atoms with Gasteiger partial charge in [-0.1, -0.05) is 24.6 Å². The third-order valence-electron chi connectivity index (χ3n) is 6.41. The molecule has 4 rings (SSSR count). The van der Waals surface area contributed by atoms with Gasteiger partial charge in [-0.05, 0) is 44.1 Å². The van der Waals surface area contributed by atoms with Crippen LogP contribution in [-0.4, -0.2) is 47.0 Å². The van der Waals surface area contributed by atoms with E-state index >= 15 is 0 Å². The highest BCUT2D eigenvalue weighted by Crippen LogP contribution is 2.38. The van der Waals surface area contributed by atoms with Crippen LogP contribution in [0.15, 0.2) is 34.7 Å². The maximum absolute atomic E-state index is 4.80. The van der Waals surface area contributed by atoms with Gasteiger partial charge in [-0.15, -0.1) is 0 Å². The molecule has 2 aliphatic heterocycles. The summed E-state index contributed by atoms with van der Waals surface area (Å²) in [7, 11) is 4.30. The molecule has 3 atom stereocenters. The minimum atomic E-state index is 0.188. The second-order valence-corrected chi connectivity index (χ2v) is 7.90. The molecule has 0 saturated heterocycles. The number of hydrogen-bond acceptors (Lipinski definition) is 4. The average molecular weight is 354 g/mol. The van der Waals surface area contributed by atoms with Gasteiger partial charge < -0.3 is 14.8 Å². The molecule has 26 heavy (non-hydrogen) atoms. The van der Waals surface area contributed by atoms with Gasteiger partial charge in [-0.2, -0.15) is 0 Å². The Morgan fingerprint density at radius 2 is 2.23 bits per heavy atom. The van der Waals surface area contributed by atoms with Crippen molar-refractivity contribution in [1.82, 2.24) is 19.8 Å². The van der Waals surface area contributed by atoms with Gasteiger partial charge in [-0.25, -0.2) is 4.98 Å². The van der Waals surface area contributed by atoms with Gasteiger partial charge in [-0.3, -0.25) is 4.99 Å². The number of aromatic nitrogens is 2. The zero-order chi connectivity index (χ0) is 18.1. The molecule has 1 aliphatic carbocycles. The largest absolute Gasteiger partial charge is 0.356 e. The predicted molar refractivity (Wildman–Crippen MR) is 106 cm³/mol. The summed E-state index contributed by atoms with van der Waals surface area (Å²) in [5, 5.41) is 3.44. The zero-order valence-corrected chi connectivity index (χ0v) is 16.3. The van der Waals surface area contributed by atoms with E-state index in [0.717, 1.165) is 31.1 Å². The van der Waals surface area contributed by atoms with E-state index in [0.29, 0.717) is 5.92 Å². The van der Waals surface area contributed by atoms with Crippen LogP contribution < -0.4 is 5.32 Å². The van der Waals surface area contributed by atoms with Crippen LogP contribution >= 0.6 is 0 Å². The first-order valence-electron chi connectivity index (χ1n) is 10.0. The fourth-order valence-corrected chi connectivity index (χ4v) is 4.73. The second-order valence-electron chi connectivity index (χ2n) is 7.90. The lowest BCUT2D eigenvalue weighted by atomic mass is 9.77. The third-order valence-corrected chi connectivity index (χ3v) is 6.41. The number of hydrogen-bond donors (Lipinski definition) is 1. The minimum absolute atomic E-state index is 0.188. The number of aryl methyl sites for hydroxylation is 1. The molecule has 0 bridgehead atoms. The van der Waals surface area contributed by atoms with Gasteiger partial charge in [0.25, 0.3) is 0 Å². The monoisotopic (exact) mass is 353 g/mol. The standard InChI is InChI=1S/C21H31N5/c1-4-15-11-17(16-7-9-22-10-8-16)5-6-19(15)26(3)21-12-20-18(13-23-21)24-14-25(20)2/h6-7,13-15,17,21-22H,4-5,8-12H2,1-3H3/t15-,17-,21?/m0/s1. The maximum atomic E-state index is 4.80. The van der Waals surface area contributed by atoms with E-state index in [1.807, 2.05) is 12.5 Å². The number of rotatable bonds is 4. The van der Waals surface area contributed by atoms with Crippen molar-refractivity contribution in [3.63, 3.8) is 0 Å². The molecule has 0 spiro atoms. The van der Waals surface area contributed by atoms with E-state index in [9.17, 15) is 0 Å². The van der Waals surface area contributed by atoms with Crippen LogP contribution in [-0.2, 0) is 13.5 Å². The predicted octanol–water partition coefficient (Wildman–Crippen LogP) is 2.89. The smallest absolute Gasteiger partial charge is 0.126 e. The lowest BCUT2D eigenvalue weighted by Crippen LogP contribution is -2.38. The summed E-state index contributed by atoms with van der Waals surface area (Å²) >= 11 is 0. The summed E-state index contributed by atoms with van der Waals surface area (Å²) < 4.78 is 2.13. The summed E-state index contributed by atoms with van der Waals surface area (Å²) in [6, 6.07) is 0. The first kappa shape index (κ1) is 17.5. The van der Waals surface area contributed by atoms with Crippen LogP contribution in [0.1, 0.15) is 44.0 Å². The number of likely N-dealkylation sites (N-methyl/N-ethyl adjacent to an activating group) is 1. The number of nitrogens with zero attached hydrogens (tertiary/aromatic N) is 4. The Morgan fingerprint density at radius 1 is 1.35 bits per heavy atom. The number of imidazole rings is 1. The molecule has 1 unspecified atom stereocenters. The lowest BCUT2D eigenvalue weighted by Gasteiger charge is -2.39. The minimum Gasteiger partial charge on any atom is -0.356 e. The molecule has 0 amide bonds. The fraction of sp³-hybridized carbons (Fsp3) is 0.619. The topological polar surface area (TPSA) is 45.5 Å². The molecule has 0 radical (unpaired) electrons. The van der Waals surface area contributed by atoms with Crippen LogP contribution in [0.25, 0.3) is 0 Å². The lowest BCUT2D eigenvalue weighted by molar-refractivity contribution is 0.240. The number of nitrogens with one attached hydrogen (secondary N) is 1. The van der Waals surface area contributed by atoms with Crippen molar-refractivity contribution in [3.8, 4) is 0 Å². The Kier molecular flexibility index (Phi) is 4.98. The summed E-state index contributed by atoms with van der Waals surface area (Å²) in [6.07, 6.45) is 14.8. The van der Waals surface area contributed by atoms with E-state index in [1.54, 1.807) is 5.57 Å². The molecule has 140 valence electrons.